The zero-order valence-electron chi connectivity index (χ0n) is 10.7. The van der Waals surface area contributed by atoms with Crippen LogP contribution in [0.15, 0.2) is 30.3 Å². The van der Waals surface area contributed by atoms with Gasteiger partial charge in [-0.3, -0.25) is 0 Å². The van der Waals surface area contributed by atoms with E-state index in [1.54, 1.807) is 24.3 Å². The predicted molar refractivity (Wildman–Crippen MR) is 71.8 cm³/mol. The van der Waals surface area contributed by atoms with Gasteiger partial charge in [0.25, 0.3) is 0 Å². The number of alkyl halides is 3. The number of rotatable bonds is 2. The molecule has 2 rings (SSSR count). The van der Waals surface area contributed by atoms with Crippen LogP contribution in [0.5, 0.6) is 0 Å². The highest BCUT2D eigenvalue weighted by Gasteiger charge is 2.33. The summed E-state index contributed by atoms with van der Waals surface area (Å²) >= 11 is 5.56. The first-order valence-corrected chi connectivity index (χ1v) is 6.05. The molecule has 3 nitrogen and oxygen atoms in total. The number of hydrogen-bond donors (Lipinski definition) is 0. The second-order valence-corrected chi connectivity index (χ2v) is 4.68. The van der Waals surface area contributed by atoms with Crippen molar-refractivity contribution < 1.29 is 13.2 Å². The monoisotopic (exact) mass is 301 g/mol. The van der Waals surface area contributed by atoms with E-state index in [1.165, 1.54) is 0 Å². The number of nitrogens with zero attached hydrogens (tertiary/aromatic N) is 3. The van der Waals surface area contributed by atoms with E-state index in [0.29, 0.717) is 5.56 Å². The minimum absolute atomic E-state index is 0.141. The van der Waals surface area contributed by atoms with Gasteiger partial charge in [0.1, 0.15) is 5.69 Å². The van der Waals surface area contributed by atoms with E-state index in [0.717, 1.165) is 11.8 Å². The molecule has 0 atom stereocenters. The first-order valence-electron chi connectivity index (χ1n) is 5.67. The van der Waals surface area contributed by atoms with Crippen molar-refractivity contribution in [1.29, 1.82) is 0 Å². The van der Waals surface area contributed by atoms with Crippen molar-refractivity contribution in [2.45, 2.75) is 6.18 Å². The van der Waals surface area contributed by atoms with Crippen LogP contribution >= 0.6 is 11.6 Å². The molecule has 0 unspecified atom stereocenters. The molecule has 0 aliphatic carbocycles. The lowest BCUT2D eigenvalue weighted by molar-refractivity contribution is -0.141. The summed E-state index contributed by atoms with van der Waals surface area (Å²) in [5.74, 6) is 0. The molecule has 0 fully saturated rings. The minimum atomic E-state index is -4.55. The molecule has 0 bridgehead atoms. The molecule has 0 saturated carbocycles. The van der Waals surface area contributed by atoms with Crippen LogP contribution < -0.4 is 4.90 Å². The molecule has 0 spiro atoms. The second kappa shape index (κ2) is 5.28. The summed E-state index contributed by atoms with van der Waals surface area (Å²) in [5.41, 5.74) is 0.571. The Morgan fingerprint density at radius 2 is 1.65 bits per heavy atom. The Balaban J connectivity index is 2.44. The Kier molecular flexibility index (Phi) is 3.85. The van der Waals surface area contributed by atoms with E-state index in [1.807, 2.05) is 19.0 Å². The summed E-state index contributed by atoms with van der Waals surface area (Å²) in [4.78, 5) is 8.92. The van der Waals surface area contributed by atoms with Crippen LogP contribution in [0.3, 0.4) is 0 Å². The molecule has 0 N–H and O–H groups in total. The SMILES string of the molecule is CN(C)c1ccc(-c2cc(C(F)(F)F)nc(Cl)n2)cc1. The van der Waals surface area contributed by atoms with Crippen molar-refractivity contribution >= 4 is 17.3 Å². The smallest absolute Gasteiger partial charge is 0.378 e. The molecule has 1 heterocycles. The van der Waals surface area contributed by atoms with Crippen LogP contribution in [0.25, 0.3) is 11.3 Å². The normalized spacial score (nSPS) is 11.5. The molecular weight excluding hydrogens is 291 g/mol. The van der Waals surface area contributed by atoms with E-state index in [2.05, 4.69) is 9.97 Å². The van der Waals surface area contributed by atoms with Gasteiger partial charge in [0.2, 0.25) is 5.28 Å². The Labute approximate surface area is 119 Å². The van der Waals surface area contributed by atoms with Crippen molar-refractivity contribution in [3.63, 3.8) is 0 Å². The van der Waals surface area contributed by atoms with Gasteiger partial charge in [-0.25, -0.2) is 9.97 Å². The first-order chi connectivity index (χ1) is 9.27. The van der Waals surface area contributed by atoms with Gasteiger partial charge in [0.05, 0.1) is 5.69 Å². The predicted octanol–water partition coefficient (Wildman–Crippen LogP) is 3.88. The number of anilines is 1. The summed E-state index contributed by atoms with van der Waals surface area (Å²) in [6.07, 6.45) is -4.55. The highest BCUT2D eigenvalue weighted by atomic mass is 35.5. The lowest BCUT2D eigenvalue weighted by Crippen LogP contribution is -2.09. The molecule has 20 heavy (non-hydrogen) atoms. The summed E-state index contributed by atoms with van der Waals surface area (Å²) in [5, 5.41) is -0.425. The van der Waals surface area contributed by atoms with Crippen LogP contribution in [-0.4, -0.2) is 24.1 Å². The molecule has 1 aromatic heterocycles. The van der Waals surface area contributed by atoms with E-state index in [4.69, 9.17) is 11.6 Å². The van der Waals surface area contributed by atoms with E-state index in [9.17, 15) is 13.2 Å². The molecule has 0 radical (unpaired) electrons. The fourth-order valence-electron chi connectivity index (χ4n) is 1.64. The summed E-state index contributed by atoms with van der Waals surface area (Å²) in [6, 6.07) is 7.84. The molecule has 1 aromatic carbocycles. The van der Waals surface area contributed by atoms with Gasteiger partial charge < -0.3 is 4.90 Å². The zero-order valence-corrected chi connectivity index (χ0v) is 11.5. The minimum Gasteiger partial charge on any atom is -0.378 e. The highest BCUT2D eigenvalue weighted by Crippen LogP contribution is 2.31. The lowest BCUT2D eigenvalue weighted by Gasteiger charge is -2.13. The fraction of sp³-hybridized carbons (Fsp3) is 0.231. The third-order valence-corrected chi connectivity index (χ3v) is 2.84. The molecule has 2 aromatic rings. The van der Waals surface area contributed by atoms with Crippen LogP contribution in [0.2, 0.25) is 5.28 Å². The van der Waals surface area contributed by atoms with Crippen LogP contribution in [0.1, 0.15) is 5.69 Å². The van der Waals surface area contributed by atoms with Crippen molar-refractivity contribution in [2.24, 2.45) is 0 Å². The van der Waals surface area contributed by atoms with E-state index < -0.39 is 17.2 Å². The van der Waals surface area contributed by atoms with Crippen molar-refractivity contribution in [3.05, 3.63) is 41.3 Å². The maximum Gasteiger partial charge on any atom is 0.433 e. The second-order valence-electron chi connectivity index (χ2n) is 4.35. The number of halogens is 4. The van der Waals surface area contributed by atoms with Gasteiger partial charge in [-0.15, -0.1) is 0 Å². The van der Waals surface area contributed by atoms with Gasteiger partial charge >= 0.3 is 6.18 Å². The van der Waals surface area contributed by atoms with Crippen LogP contribution in [0.4, 0.5) is 18.9 Å². The Hall–Kier alpha value is -1.82. The third-order valence-electron chi connectivity index (χ3n) is 2.67. The fourth-order valence-corrected chi connectivity index (χ4v) is 1.82. The average Bonchev–Trinajstić information content (AvgIpc) is 2.37. The van der Waals surface area contributed by atoms with Crippen molar-refractivity contribution in [3.8, 4) is 11.3 Å². The maximum atomic E-state index is 12.7. The molecular formula is C13H11ClF3N3. The summed E-state index contributed by atoms with van der Waals surface area (Å²) in [7, 11) is 3.75. The highest BCUT2D eigenvalue weighted by molar-refractivity contribution is 6.28. The van der Waals surface area contributed by atoms with Crippen LogP contribution in [-0.2, 0) is 6.18 Å². The Morgan fingerprint density at radius 3 is 2.15 bits per heavy atom. The van der Waals surface area contributed by atoms with Crippen molar-refractivity contribution in [2.75, 3.05) is 19.0 Å². The summed E-state index contributed by atoms with van der Waals surface area (Å²) in [6.45, 7) is 0. The topological polar surface area (TPSA) is 29.0 Å². The maximum absolute atomic E-state index is 12.7. The van der Waals surface area contributed by atoms with Gasteiger partial charge in [-0.2, -0.15) is 13.2 Å². The average molecular weight is 302 g/mol. The van der Waals surface area contributed by atoms with Gasteiger partial charge in [0.15, 0.2) is 0 Å². The number of aromatic nitrogens is 2. The Morgan fingerprint density at radius 1 is 1.05 bits per heavy atom. The van der Waals surface area contributed by atoms with Crippen LogP contribution in [0, 0.1) is 0 Å². The molecule has 0 aliphatic heterocycles. The van der Waals surface area contributed by atoms with Gasteiger partial charge in [-0.05, 0) is 29.8 Å². The van der Waals surface area contributed by atoms with Gasteiger partial charge in [0, 0.05) is 25.3 Å². The molecule has 106 valence electrons. The molecule has 7 heteroatoms. The molecule has 0 saturated heterocycles. The lowest BCUT2D eigenvalue weighted by atomic mass is 10.1. The molecule has 0 aliphatic rings. The standard InChI is InChI=1S/C13H11ClF3N3/c1-20(2)9-5-3-8(4-6-9)10-7-11(13(15,16)17)19-12(14)18-10/h3-7H,1-2H3. The quantitative estimate of drug-likeness (QED) is 0.788. The zero-order chi connectivity index (χ0) is 14.9. The van der Waals surface area contributed by atoms with Crippen molar-refractivity contribution in [1.82, 2.24) is 9.97 Å². The number of benzene rings is 1. The van der Waals surface area contributed by atoms with E-state index in [-0.39, 0.29) is 5.69 Å². The Bertz CT molecular complexity index is 609. The van der Waals surface area contributed by atoms with E-state index >= 15 is 0 Å². The third kappa shape index (κ3) is 3.19. The molecule has 0 amide bonds. The summed E-state index contributed by atoms with van der Waals surface area (Å²) < 4.78 is 38.0. The number of hydrogen-bond acceptors (Lipinski definition) is 3. The first kappa shape index (κ1) is 14.6. The van der Waals surface area contributed by atoms with Gasteiger partial charge in [-0.1, -0.05) is 12.1 Å². The largest absolute Gasteiger partial charge is 0.433 e.